The molecule has 0 amide bonds. The molecule has 0 aromatic carbocycles. The van der Waals surface area contributed by atoms with Gasteiger partial charge in [-0.1, -0.05) is 31.9 Å². The Morgan fingerprint density at radius 1 is 1.33 bits per heavy atom. The molecular weight excluding hydrogens is 164 g/mol. The lowest BCUT2D eigenvalue weighted by Crippen LogP contribution is -1.99. The Labute approximate surface area is 79.1 Å². The van der Waals surface area contributed by atoms with Crippen molar-refractivity contribution >= 4 is 9.76 Å². The number of rotatable bonds is 8. The maximum absolute atomic E-state index is 5.59. The Morgan fingerprint density at radius 3 is 2.83 bits per heavy atom. The molecule has 1 nitrogen and oxygen atoms in total. The fourth-order valence-corrected chi connectivity index (χ4v) is 2.34. The van der Waals surface area contributed by atoms with E-state index in [9.17, 15) is 0 Å². The van der Waals surface area contributed by atoms with Gasteiger partial charge in [0.25, 0.3) is 0 Å². The quantitative estimate of drug-likeness (QED) is 0.322. The predicted molar refractivity (Wildman–Crippen MR) is 58.3 cm³/mol. The van der Waals surface area contributed by atoms with Gasteiger partial charge in [-0.25, -0.2) is 0 Å². The topological polar surface area (TPSA) is 9.23 Å². The Bertz CT molecular complexity index is 102. The van der Waals surface area contributed by atoms with Crippen LogP contribution in [0.15, 0.2) is 12.2 Å². The number of hydrogen-bond donors (Lipinski definition) is 0. The summed E-state index contributed by atoms with van der Waals surface area (Å²) in [5.41, 5.74) is 0. The molecule has 2 heteroatoms. The van der Waals surface area contributed by atoms with Gasteiger partial charge in [0.1, 0.15) is 0 Å². The molecule has 0 atom stereocenters. The van der Waals surface area contributed by atoms with Crippen molar-refractivity contribution in [3.8, 4) is 0 Å². The average Bonchev–Trinajstić information content (AvgIpc) is 2.10. The molecule has 0 unspecified atom stereocenters. The Hall–Kier alpha value is -0.0831. The zero-order valence-corrected chi connectivity index (χ0v) is 9.93. The monoisotopic (exact) mass is 186 g/mol. The molecule has 0 N–H and O–H groups in total. The van der Waals surface area contributed by atoms with Gasteiger partial charge in [0.15, 0.2) is 9.76 Å². The van der Waals surface area contributed by atoms with Crippen molar-refractivity contribution in [1.29, 1.82) is 0 Å². The molecule has 0 aliphatic heterocycles. The van der Waals surface area contributed by atoms with Crippen molar-refractivity contribution in [3.05, 3.63) is 12.2 Å². The van der Waals surface area contributed by atoms with Gasteiger partial charge in [-0.15, -0.1) is 0 Å². The van der Waals surface area contributed by atoms with E-state index in [1.807, 2.05) is 0 Å². The van der Waals surface area contributed by atoms with Crippen LogP contribution in [-0.2, 0) is 4.43 Å². The highest BCUT2D eigenvalue weighted by Gasteiger charge is 1.88. The van der Waals surface area contributed by atoms with Crippen LogP contribution in [0.3, 0.4) is 0 Å². The first-order chi connectivity index (χ1) is 5.91. The summed E-state index contributed by atoms with van der Waals surface area (Å²) in [6, 6.07) is 1.36. The summed E-state index contributed by atoms with van der Waals surface area (Å²) in [7, 11) is -0.158. The summed E-state index contributed by atoms with van der Waals surface area (Å²) in [5.74, 6) is 0. The van der Waals surface area contributed by atoms with E-state index in [0.29, 0.717) is 0 Å². The van der Waals surface area contributed by atoms with Gasteiger partial charge < -0.3 is 4.43 Å². The van der Waals surface area contributed by atoms with Gasteiger partial charge in [-0.3, -0.25) is 0 Å². The van der Waals surface area contributed by atoms with Crippen molar-refractivity contribution in [2.75, 3.05) is 6.61 Å². The fourth-order valence-electron chi connectivity index (χ4n) is 1.03. The SMILES string of the molecule is CC=CCCCO[SiH2]CCCC. The minimum absolute atomic E-state index is 0.158. The van der Waals surface area contributed by atoms with Crippen molar-refractivity contribution < 1.29 is 4.43 Å². The first-order valence-electron chi connectivity index (χ1n) is 5.10. The number of unbranched alkanes of at least 4 members (excludes halogenated alkanes) is 2. The minimum atomic E-state index is -0.158. The third-order valence-corrected chi connectivity index (χ3v) is 3.15. The Morgan fingerprint density at radius 2 is 2.17 bits per heavy atom. The van der Waals surface area contributed by atoms with Gasteiger partial charge in [0.2, 0.25) is 0 Å². The maximum Gasteiger partial charge on any atom is 0.161 e. The standard InChI is InChI=1S/C10H22OSi/c1-3-5-7-8-9-11-12-10-6-4-2/h3,5H,4,6-10,12H2,1-2H3. The maximum atomic E-state index is 5.59. The molecule has 0 aliphatic rings. The molecule has 0 fully saturated rings. The first kappa shape index (κ1) is 11.9. The van der Waals surface area contributed by atoms with Crippen LogP contribution < -0.4 is 0 Å². The summed E-state index contributed by atoms with van der Waals surface area (Å²) >= 11 is 0. The van der Waals surface area contributed by atoms with Crippen LogP contribution in [0.5, 0.6) is 0 Å². The van der Waals surface area contributed by atoms with Gasteiger partial charge in [0, 0.05) is 6.61 Å². The highest BCUT2D eigenvalue weighted by atomic mass is 28.2. The van der Waals surface area contributed by atoms with Crippen molar-refractivity contribution in [3.63, 3.8) is 0 Å². The van der Waals surface area contributed by atoms with Crippen molar-refractivity contribution in [2.24, 2.45) is 0 Å². The van der Waals surface area contributed by atoms with Crippen LogP contribution >= 0.6 is 0 Å². The number of hydrogen-bond acceptors (Lipinski definition) is 1. The summed E-state index contributed by atoms with van der Waals surface area (Å²) in [5, 5.41) is 0. The molecule has 72 valence electrons. The van der Waals surface area contributed by atoms with E-state index in [1.165, 1.54) is 31.7 Å². The Kier molecular flexibility index (Phi) is 10.8. The van der Waals surface area contributed by atoms with Gasteiger partial charge in [0.05, 0.1) is 0 Å². The zero-order valence-electron chi connectivity index (χ0n) is 8.51. The third-order valence-electron chi connectivity index (χ3n) is 1.79. The average molecular weight is 186 g/mol. The van der Waals surface area contributed by atoms with Crippen LogP contribution in [-0.4, -0.2) is 16.4 Å². The van der Waals surface area contributed by atoms with Crippen LogP contribution in [0.4, 0.5) is 0 Å². The van der Waals surface area contributed by atoms with Crippen molar-refractivity contribution in [2.45, 2.75) is 45.6 Å². The van der Waals surface area contributed by atoms with E-state index < -0.39 is 0 Å². The molecule has 12 heavy (non-hydrogen) atoms. The molecule has 0 aromatic rings. The molecule has 0 bridgehead atoms. The van der Waals surface area contributed by atoms with Gasteiger partial charge in [-0.05, 0) is 25.8 Å². The number of allylic oxidation sites excluding steroid dienone is 2. The van der Waals surface area contributed by atoms with E-state index in [1.54, 1.807) is 0 Å². The first-order valence-corrected chi connectivity index (χ1v) is 6.68. The van der Waals surface area contributed by atoms with Crippen LogP contribution in [0.25, 0.3) is 0 Å². The van der Waals surface area contributed by atoms with Gasteiger partial charge in [-0.2, -0.15) is 0 Å². The molecule has 0 saturated heterocycles. The van der Waals surface area contributed by atoms with Crippen LogP contribution in [0, 0.1) is 0 Å². The molecular formula is C10H22OSi. The van der Waals surface area contributed by atoms with E-state index >= 15 is 0 Å². The summed E-state index contributed by atoms with van der Waals surface area (Å²) in [4.78, 5) is 0. The molecule has 0 spiro atoms. The molecule has 0 rings (SSSR count). The van der Waals surface area contributed by atoms with E-state index in [0.717, 1.165) is 6.61 Å². The van der Waals surface area contributed by atoms with Gasteiger partial charge >= 0.3 is 0 Å². The predicted octanol–water partition coefficient (Wildman–Crippen LogP) is 2.66. The van der Waals surface area contributed by atoms with E-state index in [2.05, 4.69) is 26.0 Å². The smallest absolute Gasteiger partial charge is 0.161 e. The third kappa shape index (κ3) is 9.92. The second-order valence-corrected chi connectivity index (χ2v) is 4.55. The molecule has 0 radical (unpaired) electrons. The van der Waals surface area contributed by atoms with Crippen molar-refractivity contribution in [1.82, 2.24) is 0 Å². The second-order valence-electron chi connectivity index (χ2n) is 3.03. The van der Waals surface area contributed by atoms with E-state index in [4.69, 9.17) is 4.43 Å². The normalized spacial score (nSPS) is 12.2. The highest BCUT2D eigenvalue weighted by Crippen LogP contribution is 1.96. The minimum Gasteiger partial charge on any atom is -0.424 e. The van der Waals surface area contributed by atoms with Crippen LogP contribution in [0.2, 0.25) is 6.04 Å². The summed E-state index contributed by atoms with van der Waals surface area (Å²) in [6.07, 6.45) is 9.36. The summed E-state index contributed by atoms with van der Waals surface area (Å²) in [6.45, 7) is 5.29. The lowest BCUT2D eigenvalue weighted by Gasteiger charge is -2.00. The molecule has 0 heterocycles. The van der Waals surface area contributed by atoms with Crippen LogP contribution in [0.1, 0.15) is 39.5 Å². The second kappa shape index (κ2) is 10.9. The summed E-state index contributed by atoms with van der Waals surface area (Å²) < 4.78 is 5.59. The highest BCUT2D eigenvalue weighted by molar-refractivity contribution is 6.26. The van der Waals surface area contributed by atoms with E-state index in [-0.39, 0.29) is 9.76 Å². The molecule has 0 aromatic heterocycles. The largest absolute Gasteiger partial charge is 0.424 e. The molecule has 0 aliphatic carbocycles. The lowest BCUT2D eigenvalue weighted by molar-refractivity contribution is 0.328. The Balaban J connectivity index is 2.81. The zero-order chi connectivity index (χ0) is 9.07. The fraction of sp³-hybridized carbons (Fsp3) is 0.800. The lowest BCUT2D eigenvalue weighted by atomic mass is 10.3. The molecule has 0 saturated carbocycles.